The van der Waals surface area contributed by atoms with Crippen LogP contribution >= 0.6 is 0 Å². The predicted octanol–water partition coefficient (Wildman–Crippen LogP) is 4.08. The Labute approximate surface area is 156 Å². The number of carbonyl (C=O) groups is 1. The summed E-state index contributed by atoms with van der Waals surface area (Å²) in [6, 6.07) is 19.2. The molecule has 138 valence electrons. The molecule has 0 spiro atoms. The first-order valence-electron chi connectivity index (χ1n) is 8.52. The molecule has 0 atom stereocenters. The van der Waals surface area contributed by atoms with E-state index in [0.29, 0.717) is 24.5 Å². The van der Waals surface area contributed by atoms with Gasteiger partial charge in [0.1, 0.15) is 12.4 Å². The Kier molecular flexibility index (Phi) is 6.35. The second-order valence-corrected chi connectivity index (χ2v) is 5.85. The molecule has 0 saturated heterocycles. The third-order valence-corrected chi connectivity index (χ3v) is 3.76. The Bertz CT molecular complexity index is 889. The number of hydrazone groups is 1. The van der Waals surface area contributed by atoms with E-state index in [9.17, 15) is 9.18 Å². The van der Waals surface area contributed by atoms with Gasteiger partial charge in [-0.1, -0.05) is 42.5 Å². The maximum absolute atomic E-state index is 12.9. The van der Waals surface area contributed by atoms with Crippen LogP contribution in [0.15, 0.2) is 76.2 Å². The van der Waals surface area contributed by atoms with Crippen molar-refractivity contribution in [3.63, 3.8) is 0 Å². The van der Waals surface area contributed by atoms with E-state index in [1.807, 2.05) is 30.3 Å². The van der Waals surface area contributed by atoms with Gasteiger partial charge in [-0.3, -0.25) is 4.79 Å². The normalized spacial score (nSPS) is 10.9. The van der Waals surface area contributed by atoms with Gasteiger partial charge in [0, 0.05) is 12.5 Å². The van der Waals surface area contributed by atoms with Gasteiger partial charge in [0.15, 0.2) is 5.76 Å². The Morgan fingerprint density at radius 3 is 2.59 bits per heavy atom. The second kappa shape index (κ2) is 9.33. The van der Waals surface area contributed by atoms with Crippen molar-refractivity contribution in [2.45, 2.75) is 19.4 Å². The van der Waals surface area contributed by atoms with E-state index in [2.05, 4.69) is 10.5 Å². The highest BCUT2D eigenvalue weighted by Crippen LogP contribution is 2.16. The number of carbonyl (C=O) groups excluding carboxylic acids is 1. The van der Waals surface area contributed by atoms with Crippen LogP contribution in [0.2, 0.25) is 0 Å². The van der Waals surface area contributed by atoms with E-state index in [0.717, 1.165) is 11.1 Å². The highest BCUT2D eigenvalue weighted by molar-refractivity contribution is 5.80. The molecule has 0 unspecified atom stereocenters. The lowest BCUT2D eigenvalue weighted by atomic mass is 10.1. The van der Waals surface area contributed by atoms with Crippen LogP contribution in [0.25, 0.3) is 0 Å². The fourth-order valence-corrected chi connectivity index (χ4v) is 2.34. The molecule has 0 radical (unpaired) electrons. The Morgan fingerprint density at radius 1 is 1.04 bits per heavy atom. The van der Waals surface area contributed by atoms with Crippen LogP contribution < -0.4 is 10.2 Å². The van der Waals surface area contributed by atoms with Crippen molar-refractivity contribution in [2.24, 2.45) is 5.10 Å². The van der Waals surface area contributed by atoms with Crippen molar-refractivity contribution < 1.29 is 18.3 Å². The molecule has 1 amide bonds. The maximum Gasteiger partial charge on any atom is 0.285 e. The summed E-state index contributed by atoms with van der Waals surface area (Å²) < 4.78 is 23.8. The minimum Gasteiger partial charge on any atom is -0.460 e. The van der Waals surface area contributed by atoms with Crippen molar-refractivity contribution in [2.75, 3.05) is 0 Å². The highest BCUT2D eigenvalue weighted by Gasteiger charge is 2.03. The summed E-state index contributed by atoms with van der Waals surface area (Å²) in [7, 11) is 0. The second-order valence-electron chi connectivity index (χ2n) is 5.85. The third kappa shape index (κ3) is 6.11. The van der Waals surface area contributed by atoms with Gasteiger partial charge in [-0.25, -0.2) is 9.82 Å². The largest absolute Gasteiger partial charge is 0.460 e. The molecule has 0 aliphatic carbocycles. The number of furan rings is 1. The smallest absolute Gasteiger partial charge is 0.285 e. The summed E-state index contributed by atoms with van der Waals surface area (Å²) in [4.78, 5) is 11.8. The Balaban J connectivity index is 1.41. The van der Waals surface area contributed by atoms with Crippen molar-refractivity contribution in [3.8, 4) is 5.95 Å². The standard InChI is InChI=1S/C21H19FN2O3/c22-18-9-6-17(7-10-18)15-26-21-13-11-19(27-21)14-23-24-20(25)12-8-16-4-2-1-3-5-16/h1-7,9-11,13-14H,8,12,15H2,(H,24,25)/b23-14+. The average molecular weight is 366 g/mol. The molecule has 27 heavy (non-hydrogen) atoms. The number of hydrogen-bond acceptors (Lipinski definition) is 4. The molecule has 0 aliphatic heterocycles. The van der Waals surface area contributed by atoms with E-state index in [1.165, 1.54) is 18.3 Å². The van der Waals surface area contributed by atoms with Gasteiger partial charge in [0.2, 0.25) is 5.91 Å². The Morgan fingerprint density at radius 2 is 1.81 bits per heavy atom. The number of halogens is 1. The number of nitrogens with zero attached hydrogens (tertiary/aromatic N) is 1. The number of aryl methyl sites for hydroxylation is 1. The molecule has 0 fully saturated rings. The summed E-state index contributed by atoms with van der Waals surface area (Å²) in [6.45, 7) is 0.264. The van der Waals surface area contributed by atoms with Gasteiger partial charge in [0.05, 0.1) is 6.21 Å². The van der Waals surface area contributed by atoms with Crippen molar-refractivity contribution in [3.05, 3.63) is 89.4 Å². The van der Waals surface area contributed by atoms with Crippen LogP contribution in [0.3, 0.4) is 0 Å². The lowest BCUT2D eigenvalue weighted by molar-refractivity contribution is -0.121. The molecule has 0 saturated carbocycles. The van der Waals surface area contributed by atoms with Gasteiger partial charge < -0.3 is 9.15 Å². The zero-order chi connectivity index (χ0) is 18.9. The number of rotatable bonds is 8. The molecule has 3 rings (SSSR count). The molecule has 0 aliphatic rings. The summed E-state index contributed by atoms with van der Waals surface area (Å²) in [5, 5.41) is 3.88. The number of amides is 1. The topological polar surface area (TPSA) is 63.8 Å². The van der Waals surface area contributed by atoms with Crippen molar-refractivity contribution >= 4 is 12.1 Å². The van der Waals surface area contributed by atoms with E-state index in [-0.39, 0.29) is 18.3 Å². The number of hydrogen-bond donors (Lipinski definition) is 1. The van der Waals surface area contributed by atoms with Gasteiger partial charge in [-0.15, -0.1) is 0 Å². The number of ether oxygens (including phenoxy) is 1. The fraction of sp³-hybridized carbons (Fsp3) is 0.143. The lowest BCUT2D eigenvalue weighted by Crippen LogP contribution is -2.17. The van der Waals surface area contributed by atoms with Gasteiger partial charge in [0.25, 0.3) is 5.95 Å². The molecule has 5 nitrogen and oxygen atoms in total. The molecule has 6 heteroatoms. The molecule has 3 aromatic rings. The number of benzene rings is 2. The fourth-order valence-electron chi connectivity index (χ4n) is 2.34. The Hall–Kier alpha value is -3.41. The summed E-state index contributed by atoms with van der Waals surface area (Å²) in [5.41, 5.74) is 4.40. The van der Waals surface area contributed by atoms with Crippen molar-refractivity contribution in [1.29, 1.82) is 0 Å². The lowest BCUT2D eigenvalue weighted by Gasteiger charge is -2.02. The summed E-state index contributed by atoms with van der Waals surface area (Å²) in [5.74, 6) is 0.305. The number of nitrogens with one attached hydrogen (secondary N) is 1. The van der Waals surface area contributed by atoms with Gasteiger partial charge in [-0.05, 0) is 35.7 Å². The minimum atomic E-state index is -0.291. The quantitative estimate of drug-likeness (QED) is 0.483. The molecule has 1 aromatic heterocycles. The maximum atomic E-state index is 12.9. The first-order valence-corrected chi connectivity index (χ1v) is 8.52. The SMILES string of the molecule is O=C(CCc1ccccc1)N/N=C/c1ccc(OCc2ccc(F)cc2)o1. The first kappa shape index (κ1) is 18.4. The average Bonchev–Trinajstić information content (AvgIpc) is 3.14. The van der Waals surface area contributed by atoms with E-state index >= 15 is 0 Å². The summed E-state index contributed by atoms with van der Waals surface area (Å²) in [6.07, 6.45) is 2.42. The van der Waals surface area contributed by atoms with Gasteiger partial charge in [-0.2, -0.15) is 5.10 Å². The molecular formula is C21H19FN2O3. The highest BCUT2D eigenvalue weighted by atomic mass is 19.1. The van der Waals surface area contributed by atoms with Gasteiger partial charge >= 0.3 is 0 Å². The van der Waals surface area contributed by atoms with Crippen LogP contribution in [-0.2, 0) is 17.8 Å². The van der Waals surface area contributed by atoms with E-state index in [4.69, 9.17) is 9.15 Å². The van der Waals surface area contributed by atoms with Crippen LogP contribution in [-0.4, -0.2) is 12.1 Å². The monoisotopic (exact) mass is 366 g/mol. The minimum absolute atomic E-state index is 0.172. The van der Waals surface area contributed by atoms with Crippen LogP contribution in [0.5, 0.6) is 5.95 Å². The molecule has 0 bridgehead atoms. The van der Waals surface area contributed by atoms with Crippen LogP contribution in [0, 0.1) is 5.82 Å². The molecular weight excluding hydrogens is 347 g/mol. The zero-order valence-electron chi connectivity index (χ0n) is 14.6. The zero-order valence-corrected chi connectivity index (χ0v) is 14.6. The first-order chi connectivity index (χ1) is 13.2. The van der Waals surface area contributed by atoms with E-state index in [1.54, 1.807) is 24.3 Å². The molecule has 2 aromatic carbocycles. The molecule has 1 heterocycles. The third-order valence-electron chi connectivity index (χ3n) is 3.76. The van der Waals surface area contributed by atoms with Crippen LogP contribution in [0.4, 0.5) is 4.39 Å². The molecule has 1 N–H and O–H groups in total. The summed E-state index contributed by atoms with van der Waals surface area (Å²) >= 11 is 0. The van der Waals surface area contributed by atoms with Crippen molar-refractivity contribution in [1.82, 2.24) is 5.43 Å². The van der Waals surface area contributed by atoms with E-state index < -0.39 is 0 Å². The van der Waals surface area contributed by atoms with Crippen LogP contribution in [0.1, 0.15) is 23.3 Å². The predicted molar refractivity (Wildman–Crippen MR) is 99.9 cm³/mol.